The fourth-order valence-electron chi connectivity index (χ4n) is 2.22. The summed E-state index contributed by atoms with van der Waals surface area (Å²) in [5.41, 5.74) is 0.480. The summed E-state index contributed by atoms with van der Waals surface area (Å²) in [6, 6.07) is 12.2. The third-order valence-electron chi connectivity index (χ3n) is 3.46. The van der Waals surface area contributed by atoms with E-state index in [0.717, 1.165) is 4.90 Å². The second-order valence-electron chi connectivity index (χ2n) is 5.60. The van der Waals surface area contributed by atoms with E-state index in [1.54, 1.807) is 31.2 Å². The molecule has 0 saturated heterocycles. The van der Waals surface area contributed by atoms with Crippen molar-refractivity contribution >= 4 is 40.8 Å². The Morgan fingerprint density at radius 1 is 1.14 bits per heavy atom. The Bertz CT molecular complexity index is 899. The van der Waals surface area contributed by atoms with E-state index in [4.69, 9.17) is 4.74 Å². The Morgan fingerprint density at radius 2 is 1.89 bits per heavy atom. The maximum atomic E-state index is 12.3. The third-order valence-corrected chi connectivity index (χ3v) is 4.51. The van der Waals surface area contributed by atoms with Gasteiger partial charge in [-0.3, -0.25) is 24.5 Å². The van der Waals surface area contributed by atoms with Gasteiger partial charge >= 0.3 is 5.97 Å². The molecular formula is C19H18N2O6S. The van der Waals surface area contributed by atoms with Crippen LogP contribution in [0.25, 0.3) is 0 Å². The number of hydrogen-bond donors (Lipinski definition) is 1. The van der Waals surface area contributed by atoms with Crippen LogP contribution in [0.2, 0.25) is 0 Å². The maximum absolute atomic E-state index is 12.3. The molecule has 0 atom stereocenters. The van der Waals surface area contributed by atoms with Crippen molar-refractivity contribution in [1.29, 1.82) is 0 Å². The number of nitro groups is 1. The van der Waals surface area contributed by atoms with Gasteiger partial charge in [0.15, 0.2) is 5.78 Å². The van der Waals surface area contributed by atoms with Crippen LogP contribution in [0.5, 0.6) is 0 Å². The van der Waals surface area contributed by atoms with Gasteiger partial charge in [-0.15, -0.1) is 11.8 Å². The van der Waals surface area contributed by atoms with Crippen LogP contribution in [-0.2, 0) is 14.3 Å². The maximum Gasteiger partial charge on any atom is 0.313 e. The van der Waals surface area contributed by atoms with Crippen molar-refractivity contribution in [3.8, 4) is 0 Å². The van der Waals surface area contributed by atoms with Gasteiger partial charge < -0.3 is 10.1 Å². The van der Waals surface area contributed by atoms with Gasteiger partial charge in [-0.05, 0) is 31.2 Å². The zero-order valence-electron chi connectivity index (χ0n) is 15.0. The fourth-order valence-corrected chi connectivity index (χ4v) is 3.03. The van der Waals surface area contributed by atoms with Crippen molar-refractivity contribution in [2.75, 3.05) is 17.7 Å². The molecule has 8 nitrogen and oxygen atoms in total. The van der Waals surface area contributed by atoms with E-state index < -0.39 is 16.8 Å². The Balaban J connectivity index is 1.96. The summed E-state index contributed by atoms with van der Waals surface area (Å²) in [5.74, 6) is -1.19. The second-order valence-corrected chi connectivity index (χ2v) is 6.65. The van der Waals surface area contributed by atoms with Gasteiger partial charge in [-0.1, -0.05) is 12.1 Å². The first-order chi connectivity index (χ1) is 13.4. The topological polar surface area (TPSA) is 116 Å². The average molecular weight is 402 g/mol. The highest BCUT2D eigenvalue weighted by atomic mass is 32.2. The standard InChI is InChI=1S/C19H18N2O6S/c1-2-27-18(23)11-16(22)12-28-17-8-4-6-14(10-17)20-19(24)13-5-3-7-15(9-13)21(25)26/h3-10H,2,11-12H2,1H3,(H,20,24). The second kappa shape index (κ2) is 10.2. The van der Waals surface area contributed by atoms with Crippen LogP contribution < -0.4 is 5.32 Å². The van der Waals surface area contributed by atoms with Crippen molar-refractivity contribution < 1.29 is 24.0 Å². The molecule has 0 fully saturated rings. The van der Waals surface area contributed by atoms with Crippen molar-refractivity contribution in [3.05, 3.63) is 64.2 Å². The molecule has 0 aliphatic heterocycles. The minimum Gasteiger partial charge on any atom is -0.466 e. The number of anilines is 1. The Kier molecular flexibility index (Phi) is 7.70. The number of ketones is 1. The zero-order chi connectivity index (χ0) is 20.5. The molecule has 146 valence electrons. The molecule has 2 aromatic rings. The summed E-state index contributed by atoms with van der Waals surface area (Å²) in [5, 5.41) is 13.5. The number of esters is 1. The lowest BCUT2D eigenvalue weighted by atomic mass is 10.2. The molecule has 1 N–H and O–H groups in total. The molecule has 0 radical (unpaired) electrons. The number of nitrogens with zero attached hydrogens (tertiary/aromatic N) is 1. The van der Waals surface area contributed by atoms with Crippen LogP contribution >= 0.6 is 11.8 Å². The summed E-state index contributed by atoms with van der Waals surface area (Å²) in [7, 11) is 0. The monoisotopic (exact) mass is 402 g/mol. The van der Waals surface area contributed by atoms with Crippen LogP contribution in [0, 0.1) is 10.1 Å². The van der Waals surface area contributed by atoms with Gasteiger partial charge in [0.25, 0.3) is 11.6 Å². The summed E-state index contributed by atoms with van der Waals surface area (Å²) >= 11 is 1.23. The number of thioether (sulfide) groups is 1. The van der Waals surface area contributed by atoms with E-state index in [9.17, 15) is 24.5 Å². The number of benzene rings is 2. The molecule has 9 heteroatoms. The summed E-state index contributed by atoms with van der Waals surface area (Å²) < 4.78 is 4.73. The molecule has 0 unspecified atom stereocenters. The van der Waals surface area contributed by atoms with E-state index in [1.807, 2.05) is 0 Å². The molecule has 0 spiro atoms. The predicted octanol–water partition coefficient (Wildman–Crippen LogP) is 3.46. The Labute approximate surface area is 165 Å². The van der Waals surface area contributed by atoms with Crippen molar-refractivity contribution in [3.63, 3.8) is 0 Å². The van der Waals surface area contributed by atoms with E-state index in [2.05, 4.69) is 5.32 Å². The van der Waals surface area contributed by atoms with Gasteiger partial charge in [0.05, 0.1) is 17.3 Å². The van der Waals surface area contributed by atoms with E-state index in [1.165, 1.54) is 36.0 Å². The molecule has 0 aliphatic rings. The minimum atomic E-state index is -0.568. The van der Waals surface area contributed by atoms with Crippen LogP contribution in [0.4, 0.5) is 11.4 Å². The first kappa shape index (κ1) is 21.1. The summed E-state index contributed by atoms with van der Waals surface area (Å²) in [4.78, 5) is 46.4. The van der Waals surface area contributed by atoms with Crippen LogP contribution in [-0.4, -0.2) is 34.9 Å². The lowest BCUT2D eigenvalue weighted by molar-refractivity contribution is -0.384. The summed E-state index contributed by atoms with van der Waals surface area (Å²) in [6.45, 7) is 1.90. The van der Waals surface area contributed by atoms with Crippen molar-refractivity contribution in [2.45, 2.75) is 18.2 Å². The lowest BCUT2D eigenvalue weighted by Gasteiger charge is -2.07. The molecule has 0 bridgehead atoms. The number of carbonyl (C=O) groups excluding carboxylic acids is 3. The molecule has 0 saturated carbocycles. The molecule has 0 aromatic heterocycles. The largest absolute Gasteiger partial charge is 0.466 e. The summed E-state index contributed by atoms with van der Waals surface area (Å²) in [6.07, 6.45) is -0.274. The number of rotatable bonds is 9. The number of Topliss-reactive ketones (excluding diaryl/α,β-unsaturated/α-hetero) is 1. The lowest BCUT2D eigenvalue weighted by Crippen LogP contribution is -2.13. The number of ether oxygens (including phenoxy) is 1. The number of nitrogens with one attached hydrogen (secondary N) is 1. The number of non-ortho nitro benzene ring substituents is 1. The molecule has 0 aliphatic carbocycles. The number of carbonyl (C=O) groups is 3. The van der Waals surface area contributed by atoms with Crippen LogP contribution in [0.1, 0.15) is 23.7 Å². The van der Waals surface area contributed by atoms with Gasteiger partial charge in [0.2, 0.25) is 0 Å². The quantitative estimate of drug-likeness (QED) is 0.224. The van der Waals surface area contributed by atoms with Gasteiger partial charge in [-0.2, -0.15) is 0 Å². The van der Waals surface area contributed by atoms with Crippen LogP contribution in [0.15, 0.2) is 53.4 Å². The van der Waals surface area contributed by atoms with E-state index >= 15 is 0 Å². The smallest absolute Gasteiger partial charge is 0.313 e. The average Bonchev–Trinajstić information content (AvgIpc) is 2.67. The Hall–Kier alpha value is -3.20. The number of hydrogen-bond acceptors (Lipinski definition) is 7. The minimum absolute atomic E-state index is 0.0983. The molecule has 28 heavy (non-hydrogen) atoms. The number of nitro benzene ring substituents is 1. The number of amides is 1. The normalized spacial score (nSPS) is 10.2. The van der Waals surface area contributed by atoms with Gasteiger partial charge in [0, 0.05) is 28.3 Å². The third kappa shape index (κ3) is 6.51. The molecule has 2 aromatic carbocycles. The van der Waals surface area contributed by atoms with Crippen molar-refractivity contribution in [2.24, 2.45) is 0 Å². The van der Waals surface area contributed by atoms with Gasteiger partial charge in [0.1, 0.15) is 6.42 Å². The Morgan fingerprint density at radius 3 is 2.61 bits per heavy atom. The predicted molar refractivity (Wildman–Crippen MR) is 104 cm³/mol. The molecule has 0 heterocycles. The SMILES string of the molecule is CCOC(=O)CC(=O)CSc1cccc(NC(=O)c2cccc([N+](=O)[O-])c2)c1. The van der Waals surface area contributed by atoms with E-state index in [-0.39, 0.29) is 35.8 Å². The highest BCUT2D eigenvalue weighted by molar-refractivity contribution is 8.00. The highest BCUT2D eigenvalue weighted by Gasteiger charge is 2.13. The van der Waals surface area contributed by atoms with Crippen molar-refractivity contribution in [1.82, 2.24) is 0 Å². The first-order valence-electron chi connectivity index (χ1n) is 8.35. The molecular weight excluding hydrogens is 384 g/mol. The van der Waals surface area contributed by atoms with Gasteiger partial charge in [-0.25, -0.2) is 0 Å². The molecule has 1 amide bonds. The van der Waals surface area contributed by atoms with Crippen LogP contribution in [0.3, 0.4) is 0 Å². The fraction of sp³-hybridized carbons (Fsp3) is 0.211. The first-order valence-corrected chi connectivity index (χ1v) is 9.33. The highest BCUT2D eigenvalue weighted by Crippen LogP contribution is 2.23. The van der Waals surface area contributed by atoms with E-state index in [0.29, 0.717) is 5.69 Å². The zero-order valence-corrected chi connectivity index (χ0v) is 15.9. The molecule has 2 rings (SSSR count).